The minimum absolute atomic E-state index is 0.0812. The van der Waals surface area contributed by atoms with Crippen LogP contribution in [0.25, 0.3) is 0 Å². The van der Waals surface area contributed by atoms with Gasteiger partial charge in [-0.25, -0.2) is 8.42 Å². The van der Waals surface area contributed by atoms with Gasteiger partial charge >= 0.3 is 0 Å². The summed E-state index contributed by atoms with van der Waals surface area (Å²) in [5.74, 6) is -0.534. The van der Waals surface area contributed by atoms with E-state index in [1.807, 2.05) is 13.8 Å². The molecule has 192 valence electrons. The number of carbonyl (C=O) groups is 2. The van der Waals surface area contributed by atoms with Crippen molar-refractivity contribution < 1.29 is 22.7 Å². The highest BCUT2D eigenvalue weighted by Gasteiger charge is 2.31. The second-order valence-corrected chi connectivity index (χ2v) is 10.9. The molecule has 2 amide bonds. The number of methoxy groups -OCH3 is 1. The first-order chi connectivity index (χ1) is 16.4. The average molecular weight is 545 g/mol. The Morgan fingerprint density at radius 3 is 2.23 bits per heavy atom. The van der Waals surface area contributed by atoms with Crippen molar-refractivity contribution in [2.24, 2.45) is 0 Å². The zero-order chi connectivity index (χ0) is 26.3. The van der Waals surface area contributed by atoms with Gasteiger partial charge in [0.1, 0.15) is 18.3 Å². The average Bonchev–Trinajstić information content (AvgIpc) is 2.80. The number of benzene rings is 2. The second-order valence-electron chi connectivity index (χ2n) is 8.19. The molecule has 0 aromatic heterocycles. The molecule has 2 atom stereocenters. The van der Waals surface area contributed by atoms with Gasteiger partial charge in [0.05, 0.1) is 19.1 Å². The molecule has 0 fully saturated rings. The zero-order valence-electron chi connectivity index (χ0n) is 20.4. The highest BCUT2D eigenvalue weighted by Crippen LogP contribution is 2.28. The predicted octanol–water partition coefficient (Wildman–Crippen LogP) is 4.10. The van der Waals surface area contributed by atoms with Crippen molar-refractivity contribution in [1.82, 2.24) is 10.2 Å². The maximum absolute atomic E-state index is 13.6. The van der Waals surface area contributed by atoms with E-state index in [9.17, 15) is 18.0 Å². The Labute approximate surface area is 217 Å². The highest BCUT2D eigenvalue weighted by molar-refractivity contribution is 7.92. The first-order valence-electron chi connectivity index (χ1n) is 11.0. The molecule has 0 unspecified atom stereocenters. The maximum Gasteiger partial charge on any atom is 0.244 e. The summed E-state index contributed by atoms with van der Waals surface area (Å²) in [6.45, 7) is 4.75. The lowest BCUT2D eigenvalue weighted by atomic mass is 10.1. The minimum atomic E-state index is -3.85. The van der Waals surface area contributed by atoms with Crippen LogP contribution < -0.4 is 14.4 Å². The molecule has 0 bridgehead atoms. The van der Waals surface area contributed by atoms with E-state index in [2.05, 4.69) is 5.32 Å². The number of carbonyl (C=O) groups excluding carboxylic acids is 2. The summed E-state index contributed by atoms with van der Waals surface area (Å²) in [4.78, 5) is 27.8. The van der Waals surface area contributed by atoms with Gasteiger partial charge in [0.15, 0.2) is 0 Å². The Kier molecular flexibility index (Phi) is 10.2. The van der Waals surface area contributed by atoms with Crippen LogP contribution in [0.4, 0.5) is 5.69 Å². The van der Waals surface area contributed by atoms with Crippen LogP contribution in [0.1, 0.15) is 32.8 Å². The summed E-state index contributed by atoms with van der Waals surface area (Å²) in [6.07, 6.45) is 1.72. The fourth-order valence-electron chi connectivity index (χ4n) is 3.28. The third-order valence-electron chi connectivity index (χ3n) is 5.58. The molecule has 0 saturated heterocycles. The number of amides is 2. The molecular formula is C24H31Cl2N3O5S. The van der Waals surface area contributed by atoms with Crippen molar-refractivity contribution in [3.63, 3.8) is 0 Å². The predicted molar refractivity (Wildman–Crippen MR) is 140 cm³/mol. The molecule has 0 aliphatic carbocycles. The van der Waals surface area contributed by atoms with E-state index in [4.69, 9.17) is 27.9 Å². The molecule has 35 heavy (non-hydrogen) atoms. The van der Waals surface area contributed by atoms with Crippen LogP contribution in [-0.2, 0) is 26.2 Å². The maximum atomic E-state index is 13.6. The van der Waals surface area contributed by atoms with E-state index in [-0.39, 0.29) is 24.2 Å². The molecule has 0 saturated carbocycles. The molecule has 0 radical (unpaired) electrons. The molecular weight excluding hydrogens is 513 g/mol. The van der Waals surface area contributed by atoms with E-state index in [1.165, 1.54) is 18.1 Å². The third kappa shape index (κ3) is 7.75. The van der Waals surface area contributed by atoms with E-state index in [1.54, 1.807) is 43.3 Å². The standard InChI is InChI=1S/C24H31Cl2N3O5S/c1-6-16(2)27-24(31)17(3)28(14-20-21(25)11-8-12-22(20)26)23(30)15-29(35(5,32)33)18-9-7-10-19(13-18)34-4/h7-13,16-17H,6,14-15H2,1-5H3,(H,27,31)/t16-,17+/m1/s1. The molecule has 2 aromatic rings. The Bertz CT molecular complexity index is 1140. The summed E-state index contributed by atoms with van der Waals surface area (Å²) >= 11 is 12.7. The smallest absolute Gasteiger partial charge is 0.244 e. The summed E-state index contributed by atoms with van der Waals surface area (Å²) < 4.78 is 31.4. The van der Waals surface area contributed by atoms with E-state index in [0.717, 1.165) is 10.6 Å². The van der Waals surface area contributed by atoms with Crippen LogP contribution in [0.15, 0.2) is 42.5 Å². The van der Waals surface area contributed by atoms with E-state index >= 15 is 0 Å². The monoisotopic (exact) mass is 543 g/mol. The number of anilines is 1. The Morgan fingerprint density at radius 2 is 1.69 bits per heavy atom. The van der Waals surface area contributed by atoms with Crippen LogP contribution in [0, 0.1) is 0 Å². The van der Waals surface area contributed by atoms with Crippen LogP contribution in [-0.4, -0.2) is 57.1 Å². The zero-order valence-corrected chi connectivity index (χ0v) is 22.7. The van der Waals surface area contributed by atoms with Gasteiger partial charge in [-0.05, 0) is 44.5 Å². The lowest BCUT2D eigenvalue weighted by Gasteiger charge is -2.32. The molecule has 0 spiro atoms. The van der Waals surface area contributed by atoms with Crippen LogP contribution in [0.5, 0.6) is 5.75 Å². The van der Waals surface area contributed by atoms with E-state index in [0.29, 0.717) is 27.8 Å². The fourth-order valence-corrected chi connectivity index (χ4v) is 4.64. The van der Waals surface area contributed by atoms with Gasteiger partial charge in [-0.2, -0.15) is 0 Å². The topological polar surface area (TPSA) is 96.0 Å². The van der Waals surface area contributed by atoms with Crippen LogP contribution in [0.3, 0.4) is 0 Å². The van der Waals surface area contributed by atoms with Gasteiger partial charge in [-0.15, -0.1) is 0 Å². The number of nitrogens with zero attached hydrogens (tertiary/aromatic N) is 2. The number of sulfonamides is 1. The highest BCUT2D eigenvalue weighted by atomic mass is 35.5. The Hall–Kier alpha value is -2.49. The quantitative estimate of drug-likeness (QED) is 0.460. The number of ether oxygens (including phenoxy) is 1. The molecule has 8 nitrogen and oxygen atoms in total. The van der Waals surface area contributed by atoms with Gasteiger partial charge in [-0.3, -0.25) is 13.9 Å². The van der Waals surface area contributed by atoms with Crippen molar-refractivity contribution in [3.8, 4) is 5.75 Å². The van der Waals surface area contributed by atoms with Crippen molar-refractivity contribution in [2.45, 2.75) is 45.8 Å². The summed E-state index contributed by atoms with van der Waals surface area (Å²) in [7, 11) is -2.39. The molecule has 11 heteroatoms. The second kappa shape index (κ2) is 12.5. The largest absolute Gasteiger partial charge is 0.497 e. The van der Waals surface area contributed by atoms with Gasteiger partial charge in [0.2, 0.25) is 21.8 Å². The molecule has 0 heterocycles. The first kappa shape index (κ1) is 28.7. The lowest BCUT2D eigenvalue weighted by Crippen LogP contribution is -2.52. The van der Waals surface area contributed by atoms with Crippen LogP contribution in [0.2, 0.25) is 10.0 Å². The summed E-state index contributed by atoms with van der Waals surface area (Å²) in [5.41, 5.74) is 0.715. The molecule has 0 aliphatic rings. The Morgan fingerprint density at radius 1 is 1.09 bits per heavy atom. The van der Waals surface area contributed by atoms with Crippen LogP contribution >= 0.6 is 23.2 Å². The van der Waals surface area contributed by atoms with Crippen molar-refractivity contribution >= 4 is 50.7 Å². The first-order valence-corrected chi connectivity index (χ1v) is 13.6. The van der Waals surface area contributed by atoms with E-state index < -0.39 is 28.5 Å². The number of hydrogen-bond acceptors (Lipinski definition) is 5. The summed E-state index contributed by atoms with van der Waals surface area (Å²) in [6, 6.07) is 10.3. The van der Waals surface area contributed by atoms with Crippen molar-refractivity contribution in [3.05, 3.63) is 58.1 Å². The van der Waals surface area contributed by atoms with Gasteiger partial charge in [0.25, 0.3) is 0 Å². The molecule has 2 rings (SSSR count). The number of halogens is 2. The lowest BCUT2D eigenvalue weighted by molar-refractivity contribution is -0.139. The fraction of sp³-hybridized carbons (Fsp3) is 0.417. The van der Waals surface area contributed by atoms with Gasteiger partial charge in [0, 0.05) is 34.3 Å². The number of nitrogens with one attached hydrogen (secondary N) is 1. The van der Waals surface area contributed by atoms with Crippen molar-refractivity contribution in [1.29, 1.82) is 0 Å². The minimum Gasteiger partial charge on any atom is -0.497 e. The Balaban J connectivity index is 2.46. The van der Waals surface area contributed by atoms with Gasteiger partial charge in [-0.1, -0.05) is 42.3 Å². The number of rotatable bonds is 11. The summed E-state index contributed by atoms with van der Waals surface area (Å²) in [5, 5.41) is 3.53. The molecule has 0 aliphatic heterocycles. The normalized spacial score (nSPS) is 13.0. The van der Waals surface area contributed by atoms with Gasteiger partial charge < -0.3 is 15.0 Å². The third-order valence-corrected chi connectivity index (χ3v) is 7.43. The number of hydrogen-bond donors (Lipinski definition) is 1. The molecule has 1 N–H and O–H groups in total. The molecule has 2 aromatic carbocycles. The SMILES string of the molecule is CC[C@@H](C)NC(=O)[C@H](C)N(Cc1c(Cl)cccc1Cl)C(=O)CN(c1cccc(OC)c1)S(C)(=O)=O. The van der Waals surface area contributed by atoms with Crippen molar-refractivity contribution in [2.75, 3.05) is 24.2 Å².